The van der Waals surface area contributed by atoms with Crippen molar-refractivity contribution in [1.82, 2.24) is 30.0 Å². The van der Waals surface area contributed by atoms with Gasteiger partial charge in [-0.15, -0.1) is 5.10 Å². The van der Waals surface area contributed by atoms with Crippen LogP contribution in [0.2, 0.25) is 0 Å². The van der Waals surface area contributed by atoms with Crippen LogP contribution in [-0.4, -0.2) is 71.1 Å². The zero-order valence-electron chi connectivity index (χ0n) is 17.1. The van der Waals surface area contributed by atoms with Gasteiger partial charge in [0.2, 0.25) is 0 Å². The Morgan fingerprint density at radius 3 is 2.29 bits per heavy atom. The first-order valence-electron chi connectivity index (χ1n) is 9.83. The third-order valence-corrected chi connectivity index (χ3v) is 6.95. The molecule has 0 spiro atoms. The minimum atomic E-state index is -3.53. The molecule has 0 aliphatic carbocycles. The van der Waals surface area contributed by atoms with E-state index in [1.807, 2.05) is 6.92 Å². The number of likely N-dealkylation sites (N-methyl/N-ethyl adjacent to an activating group) is 1. The first-order chi connectivity index (χ1) is 13.3. The molecule has 1 aliphatic heterocycles. The molecular weight excluding hydrogens is 376 g/mol. The molecule has 0 saturated carbocycles. The van der Waals surface area contributed by atoms with Crippen LogP contribution < -0.4 is 0 Å². The average Bonchev–Trinajstić information content (AvgIpc) is 3.09. The van der Waals surface area contributed by atoms with Crippen LogP contribution in [0.1, 0.15) is 38.2 Å². The minimum absolute atomic E-state index is 0.0118. The Morgan fingerprint density at radius 2 is 1.71 bits per heavy atom. The normalized spacial score (nSPS) is 17.9. The number of benzene rings is 1. The van der Waals surface area contributed by atoms with Crippen LogP contribution >= 0.6 is 0 Å². The highest BCUT2D eigenvalue weighted by Crippen LogP contribution is 2.28. The van der Waals surface area contributed by atoms with Crippen molar-refractivity contribution in [2.24, 2.45) is 5.92 Å². The maximum absolute atomic E-state index is 12.9. The van der Waals surface area contributed by atoms with Gasteiger partial charge in [0, 0.05) is 26.2 Å². The molecular formula is C19H30N6O2S. The van der Waals surface area contributed by atoms with E-state index in [1.54, 1.807) is 24.3 Å². The van der Waals surface area contributed by atoms with Crippen LogP contribution in [0.5, 0.6) is 0 Å². The van der Waals surface area contributed by atoms with Gasteiger partial charge >= 0.3 is 0 Å². The standard InChI is InChI=1S/C19H30N6O2S/c1-5-23-10-12-24(13-11-23)18(15(2)3)19-20-21-22-25(19)14-28(26,27)17-8-6-16(4)7-9-17/h6-9,15,18H,5,10-14H2,1-4H3/t18-/m1/s1. The molecule has 154 valence electrons. The highest BCUT2D eigenvalue weighted by atomic mass is 32.2. The van der Waals surface area contributed by atoms with Crippen LogP contribution in [-0.2, 0) is 15.7 Å². The van der Waals surface area contributed by atoms with Gasteiger partial charge in [-0.3, -0.25) is 4.90 Å². The molecule has 0 unspecified atom stereocenters. The predicted octanol–water partition coefficient (Wildman–Crippen LogP) is 1.75. The van der Waals surface area contributed by atoms with Crippen molar-refractivity contribution < 1.29 is 8.42 Å². The lowest BCUT2D eigenvalue weighted by Gasteiger charge is -2.39. The van der Waals surface area contributed by atoms with Crippen molar-refractivity contribution >= 4 is 9.84 Å². The first-order valence-corrected chi connectivity index (χ1v) is 11.5. The Labute approximate surface area is 167 Å². The molecule has 1 saturated heterocycles. The largest absolute Gasteiger partial charge is 0.301 e. The van der Waals surface area contributed by atoms with E-state index in [0.29, 0.717) is 5.82 Å². The summed E-state index contributed by atoms with van der Waals surface area (Å²) in [5, 5.41) is 12.0. The smallest absolute Gasteiger partial charge is 0.198 e. The monoisotopic (exact) mass is 406 g/mol. The molecule has 1 aromatic heterocycles. The van der Waals surface area contributed by atoms with Crippen molar-refractivity contribution in [2.75, 3.05) is 32.7 Å². The molecule has 1 aliphatic rings. The maximum atomic E-state index is 12.9. The predicted molar refractivity (Wildman–Crippen MR) is 107 cm³/mol. The molecule has 0 amide bonds. The van der Waals surface area contributed by atoms with E-state index >= 15 is 0 Å². The van der Waals surface area contributed by atoms with Crippen LogP contribution in [0.25, 0.3) is 0 Å². The number of rotatable bonds is 7. The second kappa shape index (κ2) is 8.67. The first kappa shape index (κ1) is 20.9. The Bertz CT molecular complexity index is 870. The summed E-state index contributed by atoms with van der Waals surface area (Å²) >= 11 is 0. The van der Waals surface area contributed by atoms with Crippen molar-refractivity contribution in [1.29, 1.82) is 0 Å². The van der Waals surface area contributed by atoms with Gasteiger partial charge in [0.25, 0.3) is 0 Å². The Hall–Kier alpha value is -1.84. The summed E-state index contributed by atoms with van der Waals surface area (Å²) in [6, 6.07) is 6.87. The van der Waals surface area contributed by atoms with Crippen LogP contribution in [0.3, 0.4) is 0 Å². The van der Waals surface area contributed by atoms with Gasteiger partial charge in [-0.05, 0) is 41.9 Å². The lowest BCUT2D eigenvalue weighted by Crippen LogP contribution is -2.49. The number of hydrogen-bond donors (Lipinski definition) is 0. The summed E-state index contributed by atoms with van der Waals surface area (Å²) < 4.78 is 27.2. The second-order valence-corrected chi connectivity index (χ2v) is 9.71. The van der Waals surface area contributed by atoms with E-state index in [2.05, 4.69) is 46.1 Å². The summed E-state index contributed by atoms with van der Waals surface area (Å²) in [6.45, 7) is 13.3. The summed E-state index contributed by atoms with van der Waals surface area (Å²) in [5.74, 6) is 0.631. The molecule has 8 nitrogen and oxygen atoms in total. The van der Waals surface area contributed by atoms with Crippen molar-refractivity contribution in [3.63, 3.8) is 0 Å². The lowest BCUT2D eigenvalue weighted by atomic mass is 10.0. The van der Waals surface area contributed by atoms with Gasteiger partial charge in [-0.2, -0.15) is 0 Å². The summed E-state index contributed by atoms with van der Waals surface area (Å²) in [7, 11) is -3.53. The zero-order valence-corrected chi connectivity index (χ0v) is 17.9. The lowest BCUT2D eigenvalue weighted by molar-refractivity contribution is 0.0724. The molecule has 0 N–H and O–H groups in total. The molecule has 2 heterocycles. The Kier molecular flexibility index (Phi) is 6.47. The SMILES string of the molecule is CCN1CCN([C@@H](c2nnnn2CS(=O)(=O)c2ccc(C)cc2)C(C)C)CC1. The Balaban J connectivity index is 1.84. The van der Waals surface area contributed by atoms with E-state index in [9.17, 15) is 8.42 Å². The van der Waals surface area contributed by atoms with Gasteiger partial charge in [0.15, 0.2) is 21.5 Å². The van der Waals surface area contributed by atoms with Gasteiger partial charge < -0.3 is 4.90 Å². The molecule has 1 atom stereocenters. The fraction of sp³-hybridized carbons (Fsp3) is 0.632. The third kappa shape index (κ3) is 4.59. The third-order valence-electron chi connectivity index (χ3n) is 5.38. The maximum Gasteiger partial charge on any atom is 0.198 e. The summed E-state index contributed by atoms with van der Waals surface area (Å²) in [4.78, 5) is 5.08. The molecule has 28 heavy (non-hydrogen) atoms. The summed E-state index contributed by atoms with van der Waals surface area (Å²) in [5.41, 5.74) is 1.02. The van der Waals surface area contributed by atoms with Crippen molar-refractivity contribution in [2.45, 2.75) is 44.5 Å². The van der Waals surface area contributed by atoms with E-state index in [1.165, 1.54) is 4.68 Å². The molecule has 9 heteroatoms. The van der Waals surface area contributed by atoms with Crippen LogP contribution in [0.15, 0.2) is 29.2 Å². The van der Waals surface area contributed by atoms with E-state index < -0.39 is 9.84 Å². The van der Waals surface area contributed by atoms with Crippen molar-refractivity contribution in [3.05, 3.63) is 35.7 Å². The van der Waals surface area contributed by atoms with Gasteiger partial charge in [-0.1, -0.05) is 38.5 Å². The summed E-state index contributed by atoms with van der Waals surface area (Å²) in [6.07, 6.45) is 0. The van der Waals surface area contributed by atoms with Crippen LogP contribution in [0.4, 0.5) is 0 Å². The fourth-order valence-corrected chi connectivity index (χ4v) is 4.94. The van der Waals surface area contributed by atoms with Crippen LogP contribution in [0, 0.1) is 12.8 Å². The topological polar surface area (TPSA) is 84.2 Å². The molecule has 1 fully saturated rings. The number of hydrogen-bond acceptors (Lipinski definition) is 7. The van der Waals surface area contributed by atoms with Gasteiger partial charge in [0.1, 0.15) is 0 Å². The average molecular weight is 407 g/mol. The molecule has 1 aromatic carbocycles. The number of aromatic nitrogens is 4. The molecule has 0 bridgehead atoms. The van der Waals surface area contributed by atoms with E-state index in [4.69, 9.17) is 0 Å². The fourth-order valence-electron chi connectivity index (χ4n) is 3.74. The second-order valence-electron chi connectivity index (χ2n) is 7.75. The number of aryl methyl sites for hydroxylation is 1. The zero-order chi connectivity index (χ0) is 20.3. The molecule has 0 radical (unpaired) electrons. The highest BCUT2D eigenvalue weighted by Gasteiger charge is 2.32. The Morgan fingerprint density at radius 1 is 1.07 bits per heavy atom. The quantitative estimate of drug-likeness (QED) is 0.692. The van der Waals surface area contributed by atoms with Gasteiger partial charge in [-0.25, -0.2) is 13.1 Å². The number of sulfone groups is 1. The van der Waals surface area contributed by atoms with E-state index in [-0.39, 0.29) is 22.7 Å². The van der Waals surface area contributed by atoms with E-state index in [0.717, 1.165) is 38.3 Å². The number of nitrogens with zero attached hydrogens (tertiary/aromatic N) is 6. The molecule has 2 aromatic rings. The number of piperazine rings is 1. The number of tetrazole rings is 1. The van der Waals surface area contributed by atoms with Gasteiger partial charge in [0.05, 0.1) is 10.9 Å². The molecule has 3 rings (SSSR count). The highest BCUT2D eigenvalue weighted by molar-refractivity contribution is 7.90. The minimum Gasteiger partial charge on any atom is -0.301 e. The van der Waals surface area contributed by atoms with Crippen molar-refractivity contribution in [3.8, 4) is 0 Å².